The van der Waals surface area contributed by atoms with Gasteiger partial charge in [-0.15, -0.1) is 0 Å². The van der Waals surface area contributed by atoms with Gasteiger partial charge in [0.1, 0.15) is 10.0 Å². The van der Waals surface area contributed by atoms with Crippen molar-refractivity contribution in [3.8, 4) is 0 Å². The molecule has 0 atom stereocenters. The first-order valence-electron chi connectivity index (χ1n) is 6.53. The molecule has 1 aromatic heterocycles. The summed E-state index contributed by atoms with van der Waals surface area (Å²) in [5, 5.41) is 0.287. The van der Waals surface area contributed by atoms with E-state index in [2.05, 4.69) is 9.88 Å². The van der Waals surface area contributed by atoms with E-state index in [1.165, 1.54) is 22.6 Å². The molecule has 0 N–H and O–H groups in total. The van der Waals surface area contributed by atoms with Crippen LogP contribution in [-0.2, 0) is 10.0 Å². The van der Waals surface area contributed by atoms with Crippen molar-refractivity contribution in [2.45, 2.75) is 29.7 Å². The molecule has 1 aliphatic carbocycles. The monoisotopic (exact) mass is 317 g/mol. The topological polar surface area (TPSA) is 53.5 Å². The Labute approximate surface area is 125 Å². The Bertz CT molecular complexity index is 568. The van der Waals surface area contributed by atoms with Crippen molar-refractivity contribution < 1.29 is 8.42 Å². The molecule has 1 aliphatic rings. The number of likely N-dealkylation sites (N-methyl/N-ethyl adjacent to an activating group) is 2. The Morgan fingerprint density at radius 1 is 1.30 bits per heavy atom. The Kier molecular flexibility index (Phi) is 4.39. The van der Waals surface area contributed by atoms with E-state index in [4.69, 9.17) is 11.6 Å². The molecule has 0 aliphatic heterocycles. The van der Waals surface area contributed by atoms with Crippen molar-refractivity contribution in [3.63, 3.8) is 0 Å². The van der Waals surface area contributed by atoms with E-state index in [0.717, 1.165) is 19.3 Å². The van der Waals surface area contributed by atoms with Gasteiger partial charge in [-0.2, -0.15) is 4.31 Å². The summed E-state index contributed by atoms with van der Waals surface area (Å²) in [6.45, 7) is 0.491. The summed E-state index contributed by atoms with van der Waals surface area (Å²) in [4.78, 5) is 6.15. The average molecular weight is 318 g/mol. The second kappa shape index (κ2) is 5.60. The summed E-state index contributed by atoms with van der Waals surface area (Å²) >= 11 is 5.69. The normalized spacial score (nSPS) is 18.3. The molecule has 5 nitrogen and oxygen atoms in total. The van der Waals surface area contributed by atoms with Gasteiger partial charge in [-0.05, 0) is 45.5 Å². The minimum absolute atomic E-state index is 0.0400. The van der Waals surface area contributed by atoms with E-state index in [0.29, 0.717) is 6.54 Å². The summed E-state index contributed by atoms with van der Waals surface area (Å²) in [5.41, 5.74) is -0.0400. The van der Waals surface area contributed by atoms with Gasteiger partial charge in [-0.25, -0.2) is 13.4 Å². The molecule has 0 spiro atoms. The van der Waals surface area contributed by atoms with Crippen molar-refractivity contribution in [3.05, 3.63) is 23.5 Å². The number of rotatable bonds is 5. The second-order valence-corrected chi connectivity index (χ2v) is 7.98. The van der Waals surface area contributed by atoms with E-state index in [9.17, 15) is 8.42 Å². The largest absolute Gasteiger partial charge is 0.302 e. The zero-order chi connectivity index (χ0) is 15.0. The SMILES string of the molecule is CN(C)C1(CN(C)S(=O)(=O)c2ccc(Cl)nc2)CCC1. The summed E-state index contributed by atoms with van der Waals surface area (Å²) in [5.74, 6) is 0. The van der Waals surface area contributed by atoms with Gasteiger partial charge in [0, 0.05) is 25.3 Å². The quantitative estimate of drug-likeness (QED) is 0.778. The van der Waals surface area contributed by atoms with E-state index < -0.39 is 10.0 Å². The fraction of sp³-hybridized carbons (Fsp3) is 0.615. The number of aromatic nitrogens is 1. The Hall–Kier alpha value is -0.690. The van der Waals surface area contributed by atoms with Crippen molar-refractivity contribution in [1.82, 2.24) is 14.2 Å². The molecule has 0 aromatic carbocycles. The molecule has 7 heteroatoms. The van der Waals surface area contributed by atoms with Gasteiger partial charge in [-0.3, -0.25) is 0 Å². The van der Waals surface area contributed by atoms with Crippen LogP contribution in [0, 0.1) is 0 Å². The van der Waals surface area contributed by atoms with E-state index in [1.807, 2.05) is 14.1 Å². The van der Waals surface area contributed by atoms with Crippen molar-refractivity contribution in [2.75, 3.05) is 27.7 Å². The summed E-state index contributed by atoms with van der Waals surface area (Å²) in [6, 6.07) is 2.98. The standard InChI is InChI=1S/C13H20ClN3O2S/c1-16(2)13(7-4-8-13)10-17(3)20(18,19)11-5-6-12(14)15-9-11/h5-6,9H,4,7-8,10H2,1-3H3. The first kappa shape index (κ1) is 15.7. The highest BCUT2D eigenvalue weighted by Gasteiger charge is 2.42. The maximum absolute atomic E-state index is 12.5. The van der Waals surface area contributed by atoms with Crippen LogP contribution in [0.1, 0.15) is 19.3 Å². The summed E-state index contributed by atoms with van der Waals surface area (Å²) in [6.07, 6.45) is 4.50. The second-order valence-electron chi connectivity index (χ2n) is 5.55. The fourth-order valence-electron chi connectivity index (χ4n) is 2.53. The highest BCUT2D eigenvalue weighted by Crippen LogP contribution is 2.37. The number of nitrogens with zero attached hydrogens (tertiary/aromatic N) is 3. The van der Waals surface area contributed by atoms with E-state index in [1.54, 1.807) is 7.05 Å². The van der Waals surface area contributed by atoms with Crippen LogP contribution in [0.15, 0.2) is 23.2 Å². The molecule has 0 unspecified atom stereocenters. The predicted molar refractivity (Wildman–Crippen MR) is 79.3 cm³/mol. The third-order valence-electron chi connectivity index (χ3n) is 4.16. The molecular formula is C13H20ClN3O2S. The van der Waals surface area contributed by atoms with Gasteiger partial charge in [-0.1, -0.05) is 11.6 Å². The molecule has 0 saturated heterocycles. The number of halogens is 1. The third kappa shape index (κ3) is 2.83. The van der Waals surface area contributed by atoms with Crippen molar-refractivity contribution >= 4 is 21.6 Å². The van der Waals surface area contributed by atoms with Crippen LogP contribution in [0.5, 0.6) is 0 Å². The van der Waals surface area contributed by atoms with Gasteiger partial charge >= 0.3 is 0 Å². The molecule has 112 valence electrons. The minimum Gasteiger partial charge on any atom is -0.302 e. The van der Waals surface area contributed by atoms with Crippen LogP contribution in [-0.4, -0.2) is 55.8 Å². The van der Waals surface area contributed by atoms with Crippen LogP contribution < -0.4 is 0 Å². The van der Waals surface area contributed by atoms with Crippen LogP contribution in [0.3, 0.4) is 0 Å². The molecular weight excluding hydrogens is 298 g/mol. The number of hydrogen-bond donors (Lipinski definition) is 0. The number of sulfonamides is 1. The molecule has 2 rings (SSSR count). The van der Waals surface area contributed by atoms with Gasteiger partial charge in [0.25, 0.3) is 0 Å². The van der Waals surface area contributed by atoms with Gasteiger partial charge in [0.15, 0.2) is 0 Å². The summed E-state index contributed by atoms with van der Waals surface area (Å²) in [7, 11) is 2.11. The van der Waals surface area contributed by atoms with Crippen LogP contribution in [0.4, 0.5) is 0 Å². The molecule has 0 amide bonds. The summed E-state index contributed by atoms with van der Waals surface area (Å²) < 4.78 is 26.4. The lowest BCUT2D eigenvalue weighted by atomic mass is 9.75. The average Bonchev–Trinajstić information content (AvgIpc) is 2.33. The lowest BCUT2D eigenvalue weighted by Crippen LogP contribution is -2.57. The van der Waals surface area contributed by atoms with E-state index >= 15 is 0 Å². The smallest absolute Gasteiger partial charge is 0.244 e. The van der Waals surface area contributed by atoms with Crippen LogP contribution in [0.25, 0.3) is 0 Å². The molecule has 1 heterocycles. The zero-order valence-electron chi connectivity index (χ0n) is 12.0. The minimum atomic E-state index is -3.51. The molecule has 1 fully saturated rings. The first-order chi connectivity index (χ1) is 9.28. The molecule has 1 aromatic rings. The Morgan fingerprint density at radius 3 is 2.35 bits per heavy atom. The van der Waals surface area contributed by atoms with Crippen LogP contribution >= 0.6 is 11.6 Å². The number of pyridine rings is 1. The fourth-order valence-corrected chi connectivity index (χ4v) is 3.83. The molecule has 0 bridgehead atoms. The number of hydrogen-bond acceptors (Lipinski definition) is 4. The maximum atomic E-state index is 12.5. The predicted octanol–water partition coefficient (Wildman–Crippen LogP) is 1.84. The Balaban J connectivity index is 2.19. The Morgan fingerprint density at radius 2 is 1.95 bits per heavy atom. The highest BCUT2D eigenvalue weighted by molar-refractivity contribution is 7.89. The van der Waals surface area contributed by atoms with Crippen molar-refractivity contribution in [2.24, 2.45) is 0 Å². The lowest BCUT2D eigenvalue weighted by Gasteiger charge is -2.48. The molecule has 1 saturated carbocycles. The van der Waals surface area contributed by atoms with Crippen molar-refractivity contribution in [1.29, 1.82) is 0 Å². The lowest BCUT2D eigenvalue weighted by molar-refractivity contribution is 0.0455. The first-order valence-corrected chi connectivity index (χ1v) is 8.35. The van der Waals surface area contributed by atoms with Gasteiger partial charge < -0.3 is 4.90 Å². The van der Waals surface area contributed by atoms with Crippen LogP contribution in [0.2, 0.25) is 5.15 Å². The van der Waals surface area contributed by atoms with Gasteiger partial charge in [0.2, 0.25) is 10.0 Å². The highest BCUT2D eigenvalue weighted by atomic mass is 35.5. The maximum Gasteiger partial charge on any atom is 0.244 e. The molecule has 0 radical (unpaired) electrons. The third-order valence-corrected chi connectivity index (χ3v) is 6.17. The van der Waals surface area contributed by atoms with E-state index in [-0.39, 0.29) is 15.6 Å². The zero-order valence-corrected chi connectivity index (χ0v) is 13.6. The molecule has 20 heavy (non-hydrogen) atoms. The van der Waals surface area contributed by atoms with Gasteiger partial charge in [0.05, 0.1) is 0 Å².